The van der Waals surface area contributed by atoms with Crippen LogP contribution in [-0.4, -0.2) is 20.2 Å². The zero-order valence-corrected chi connectivity index (χ0v) is 9.33. The van der Waals surface area contributed by atoms with Gasteiger partial charge in [0.15, 0.2) is 0 Å². The maximum atomic E-state index is 5.84. The number of hydrogen-bond acceptors (Lipinski definition) is 3. The smallest absolute Gasteiger partial charge is 0.150 e. The highest BCUT2D eigenvalue weighted by Gasteiger charge is 2.31. The van der Waals surface area contributed by atoms with Gasteiger partial charge in [-0.05, 0) is 20.8 Å². The van der Waals surface area contributed by atoms with E-state index in [1.165, 1.54) is 11.3 Å². The molecule has 4 heteroatoms. The first-order valence-corrected chi connectivity index (χ1v) is 4.95. The second-order valence-electron chi connectivity index (χ2n) is 4.96. The lowest BCUT2D eigenvalue weighted by molar-refractivity contribution is 0.133. The Balaban J connectivity index is 2.31. The molecule has 0 amide bonds. The molecule has 1 aromatic heterocycles. The van der Waals surface area contributed by atoms with E-state index in [9.17, 15) is 0 Å². The van der Waals surface area contributed by atoms with Crippen molar-refractivity contribution in [2.75, 3.05) is 5.73 Å². The van der Waals surface area contributed by atoms with Crippen molar-refractivity contribution in [1.82, 2.24) is 14.7 Å². The lowest BCUT2D eigenvalue weighted by Crippen LogP contribution is -2.37. The van der Waals surface area contributed by atoms with Crippen LogP contribution < -0.4 is 5.73 Å². The Bertz CT molecular complexity index is 332. The molecule has 1 aliphatic heterocycles. The van der Waals surface area contributed by atoms with Crippen LogP contribution in [0, 0.1) is 0 Å². The van der Waals surface area contributed by atoms with Crippen LogP contribution in [0.4, 0.5) is 5.82 Å². The van der Waals surface area contributed by atoms with E-state index < -0.39 is 0 Å². The Morgan fingerprint density at radius 3 is 2.43 bits per heavy atom. The third-order valence-electron chi connectivity index (χ3n) is 2.94. The Morgan fingerprint density at radius 2 is 1.93 bits per heavy atom. The Hall–Kier alpha value is -1.03. The SMILES string of the molecule is Cn1nc(N)c2c1CN(C(C)(C)C)C2. The molecule has 0 bridgehead atoms. The van der Waals surface area contributed by atoms with Crippen LogP contribution in [0.1, 0.15) is 32.0 Å². The minimum absolute atomic E-state index is 0.200. The molecule has 0 saturated heterocycles. The van der Waals surface area contributed by atoms with Crippen LogP contribution in [0.2, 0.25) is 0 Å². The molecule has 0 saturated carbocycles. The minimum atomic E-state index is 0.200. The third kappa shape index (κ3) is 1.30. The number of fused-ring (bicyclic) bond motifs is 1. The van der Waals surface area contributed by atoms with Gasteiger partial charge in [-0.1, -0.05) is 0 Å². The predicted octanol–water partition coefficient (Wildman–Crippen LogP) is 1.12. The summed E-state index contributed by atoms with van der Waals surface area (Å²) >= 11 is 0. The van der Waals surface area contributed by atoms with Crippen molar-refractivity contribution >= 4 is 5.82 Å². The number of hydrogen-bond donors (Lipinski definition) is 1. The summed E-state index contributed by atoms with van der Waals surface area (Å²) in [6.45, 7) is 8.56. The largest absolute Gasteiger partial charge is 0.382 e. The van der Waals surface area contributed by atoms with Gasteiger partial charge in [0, 0.05) is 31.2 Å². The first-order valence-electron chi connectivity index (χ1n) is 4.95. The molecule has 2 N–H and O–H groups in total. The van der Waals surface area contributed by atoms with Crippen molar-refractivity contribution in [1.29, 1.82) is 0 Å². The maximum absolute atomic E-state index is 5.84. The van der Waals surface area contributed by atoms with Crippen LogP contribution in [0.15, 0.2) is 0 Å². The van der Waals surface area contributed by atoms with E-state index in [0.29, 0.717) is 5.82 Å². The van der Waals surface area contributed by atoms with Gasteiger partial charge in [-0.25, -0.2) is 0 Å². The number of aryl methyl sites for hydroxylation is 1. The highest BCUT2D eigenvalue weighted by atomic mass is 15.3. The predicted molar refractivity (Wildman–Crippen MR) is 56.6 cm³/mol. The van der Waals surface area contributed by atoms with Crippen molar-refractivity contribution in [2.24, 2.45) is 7.05 Å². The summed E-state index contributed by atoms with van der Waals surface area (Å²) in [5.41, 5.74) is 8.51. The number of rotatable bonds is 0. The molecule has 0 radical (unpaired) electrons. The minimum Gasteiger partial charge on any atom is -0.382 e. The van der Waals surface area contributed by atoms with Crippen molar-refractivity contribution < 1.29 is 0 Å². The molecular formula is C10H18N4. The van der Waals surface area contributed by atoms with Crippen LogP contribution >= 0.6 is 0 Å². The summed E-state index contributed by atoms with van der Waals surface area (Å²) in [5, 5.41) is 4.22. The zero-order chi connectivity index (χ0) is 10.5. The van der Waals surface area contributed by atoms with E-state index in [-0.39, 0.29) is 5.54 Å². The second kappa shape index (κ2) is 2.73. The molecule has 0 spiro atoms. The molecule has 14 heavy (non-hydrogen) atoms. The molecule has 2 rings (SSSR count). The molecule has 78 valence electrons. The zero-order valence-electron chi connectivity index (χ0n) is 9.33. The fourth-order valence-corrected chi connectivity index (χ4v) is 1.90. The van der Waals surface area contributed by atoms with Gasteiger partial charge < -0.3 is 5.73 Å². The number of nitrogen functional groups attached to an aromatic ring is 1. The van der Waals surface area contributed by atoms with Crippen molar-refractivity contribution in [3.05, 3.63) is 11.3 Å². The van der Waals surface area contributed by atoms with Gasteiger partial charge in [0.1, 0.15) is 5.82 Å². The maximum Gasteiger partial charge on any atom is 0.150 e. The van der Waals surface area contributed by atoms with E-state index in [2.05, 4.69) is 30.8 Å². The van der Waals surface area contributed by atoms with E-state index in [1.807, 2.05) is 11.7 Å². The topological polar surface area (TPSA) is 47.1 Å². The van der Waals surface area contributed by atoms with Crippen molar-refractivity contribution in [2.45, 2.75) is 39.4 Å². The standard InChI is InChI=1S/C10H18N4/c1-10(2,3)14-5-7-8(6-14)13(4)12-9(7)11/h5-6H2,1-4H3,(H2,11,12). The quantitative estimate of drug-likeness (QED) is 0.673. The van der Waals surface area contributed by atoms with Gasteiger partial charge in [0.2, 0.25) is 0 Å². The average molecular weight is 194 g/mol. The van der Waals surface area contributed by atoms with Crippen LogP contribution in [-0.2, 0) is 20.1 Å². The molecule has 4 nitrogen and oxygen atoms in total. The molecule has 1 aliphatic rings. The first-order chi connectivity index (χ1) is 6.39. The summed E-state index contributed by atoms with van der Waals surface area (Å²) in [4.78, 5) is 2.41. The lowest BCUT2D eigenvalue weighted by Gasteiger charge is -2.31. The Labute approximate surface area is 84.7 Å². The second-order valence-corrected chi connectivity index (χ2v) is 4.96. The van der Waals surface area contributed by atoms with E-state index in [1.54, 1.807) is 0 Å². The summed E-state index contributed by atoms with van der Waals surface area (Å²) in [6.07, 6.45) is 0. The fraction of sp³-hybridized carbons (Fsp3) is 0.700. The Kier molecular flexibility index (Phi) is 1.86. The van der Waals surface area contributed by atoms with Gasteiger partial charge in [0.05, 0.1) is 5.69 Å². The fourth-order valence-electron chi connectivity index (χ4n) is 1.90. The van der Waals surface area contributed by atoms with Gasteiger partial charge >= 0.3 is 0 Å². The van der Waals surface area contributed by atoms with Gasteiger partial charge in [-0.3, -0.25) is 9.58 Å². The summed E-state index contributed by atoms with van der Waals surface area (Å²) in [6, 6.07) is 0. The molecule has 1 aromatic rings. The van der Waals surface area contributed by atoms with E-state index in [0.717, 1.165) is 13.1 Å². The van der Waals surface area contributed by atoms with E-state index >= 15 is 0 Å². The third-order valence-corrected chi connectivity index (χ3v) is 2.94. The van der Waals surface area contributed by atoms with E-state index in [4.69, 9.17) is 5.73 Å². The van der Waals surface area contributed by atoms with Gasteiger partial charge in [-0.2, -0.15) is 5.10 Å². The van der Waals surface area contributed by atoms with Gasteiger partial charge in [0.25, 0.3) is 0 Å². The molecular weight excluding hydrogens is 176 g/mol. The summed E-state index contributed by atoms with van der Waals surface area (Å²) < 4.78 is 1.90. The highest BCUT2D eigenvalue weighted by molar-refractivity contribution is 5.44. The molecule has 0 aromatic carbocycles. The van der Waals surface area contributed by atoms with Crippen LogP contribution in [0.5, 0.6) is 0 Å². The molecule has 0 aliphatic carbocycles. The number of aromatic nitrogens is 2. The summed E-state index contributed by atoms with van der Waals surface area (Å²) in [7, 11) is 1.96. The number of anilines is 1. The molecule has 0 atom stereocenters. The van der Waals surface area contributed by atoms with Crippen LogP contribution in [0.3, 0.4) is 0 Å². The summed E-state index contributed by atoms with van der Waals surface area (Å²) in [5.74, 6) is 0.689. The molecule has 0 fully saturated rings. The van der Waals surface area contributed by atoms with Crippen molar-refractivity contribution in [3.63, 3.8) is 0 Å². The average Bonchev–Trinajstić information content (AvgIpc) is 2.53. The monoisotopic (exact) mass is 194 g/mol. The highest BCUT2D eigenvalue weighted by Crippen LogP contribution is 2.31. The Morgan fingerprint density at radius 1 is 1.29 bits per heavy atom. The number of nitrogens with zero attached hydrogens (tertiary/aromatic N) is 3. The lowest BCUT2D eigenvalue weighted by atomic mass is 10.1. The molecule has 0 unspecified atom stereocenters. The number of nitrogens with two attached hydrogens (primary N) is 1. The van der Waals surface area contributed by atoms with Crippen molar-refractivity contribution in [3.8, 4) is 0 Å². The van der Waals surface area contributed by atoms with Crippen LogP contribution in [0.25, 0.3) is 0 Å². The van der Waals surface area contributed by atoms with Gasteiger partial charge in [-0.15, -0.1) is 0 Å². The molecule has 2 heterocycles. The normalized spacial score (nSPS) is 17.4. The first kappa shape index (κ1) is 9.52.